The second kappa shape index (κ2) is 3.49. The lowest BCUT2D eigenvalue weighted by Crippen LogP contribution is -2.08. The van der Waals surface area contributed by atoms with E-state index in [0.29, 0.717) is 0 Å². The Morgan fingerprint density at radius 3 is 2.46 bits per heavy atom. The molecule has 13 heavy (non-hydrogen) atoms. The van der Waals surface area contributed by atoms with Gasteiger partial charge >= 0.3 is 0 Å². The fraction of sp³-hybridized carbons (Fsp3) is 0. The monoisotopic (exact) mass is 186 g/mol. The van der Waals surface area contributed by atoms with Crippen LogP contribution >= 0.6 is 0 Å². The molecule has 2 aromatic rings. The summed E-state index contributed by atoms with van der Waals surface area (Å²) < 4.78 is 0. The van der Waals surface area contributed by atoms with Crippen LogP contribution in [0, 0.1) is 0 Å². The van der Waals surface area contributed by atoms with Crippen molar-refractivity contribution >= 4 is 15.4 Å². The molecule has 0 spiro atoms. The Balaban J connectivity index is 2.54. The summed E-state index contributed by atoms with van der Waals surface area (Å²) in [7, 11) is 1.01. The molecule has 0 aliphatic rings. The Bertz CT molecular complexity index is 401. The number of nitrogens with zero attached hydrogens (tertiary/aromatic N) is 2. The van der Waals surface area contributed by atoms with Crippen LogP contribution in [0.25, 0.3) is 11.4 Å². The largest absolute Gasteiger partial charge is 0.255 e. The first-order valence-electron chi connectivity index (χ1n) is 4.21. The maximum Gasteiger partial charge on any atom is 0.0884 e. The van der Waals surface area contributed by atoms with Crippen LogP contribution in [-0.4, -0.2) is 20.2 Å². The molecule has 0 aliphatic heterocycles. The van der Waals surface area contributed by atoms with Crippen molar-refractivity contribution in [2.45, 2.75) is 0 Å². The zero-order valence-electron chi connectivity index (χ0n) is 7.44. The summed E-state index contributed by atoms with van der Waals surface area (Å²) in [5, 5.41) is 1.29. The van der Waals surface area contributed by atoms with Gasteiger partial charge in [0.05, 0.1) is 11.4 Å². The van der Waals surface area contributed by atoms with Gasteiger partial charge in [-0.2, -0.15) is 0 Å². The van der Waals surface area contributed by atoms with Crippen LogP contribution in [0.5, 0.6) is 0 Å². The Kier molecular flexibility index (Phi) is 2.18. The molecular weight excluding hydrogens is 176 g/mol. The molecule has 2 rings (SSSR count). The molecule has 0 saturated heterocycles. The molecule has 0 N–H and O–H groups in total. The predicted octanol–water partition coefficient (Wildman–Crippen LogP) is 0.134. The summed E-state index contributed by atoms with van der Waals surface area (Å²) in [6.45, 7) is 0. The molecule has 0 bridgehead atoms. The van der Waals surface area contributed by atoms with Gasteiger partial charge in [0.25, 0.3) is 0 Å². The lowest BCUT2D eigenvalue weighted by molar-refractivity contribution is 1.26. The maximum absolute atomic E-state index is 4.32. The van der Waals surface area contributed by atoms with E-state index in [1.54, 1.807) is 6.20 Å². The summed E-state index contributed by atoms with van der Waals surface area (Å²) in [6.07, 6.45) is 3.61. The normalized spacial score (nSPS) is 10.2. The van der Waals surface area contributed by atoms with E-state index in [9.17, 15) is 0 Å². The zero-order valence-corrected chi connectivity index (χ0v) is 9.44. The van der Waals surface area contributed by atoms with E-state index >= 15 is 0 Å². The number of hydrogen-bond donors (Lipinski definition) is 0. The molecular formula is C10H10N2Si. The van der Waals surface area contributed by atoms with Gasteiger partial charge in [0.15, 0.2) is 0 Å². The summed E-state index contributed by atoms with van der Waals surface area (Å²) in [5.41, 5.74) is 1.99. The highest BCUT2D eigenvalue weighted by atomic mass is 28.1. The van der Waals surface area contributed by atoms with Crippen LogP contribution in [0.1, 0.15) is 0 Å². The van der Waals surface area contributed by atoms with E-state index in [0.717, 1.165) is 21.6 Å². The maximum atomic E-state index is 4.32. The van der Waals surface area contributed by atoms with Crippen LogP contribution in [0.15, 0.2) is 42.7 Å². The van der Waals surface area contributed by atoms with Crippen molar-refractivity contribution in [3.05, 3.63) is 42.7 Å². The summed E-state index contributed by atoms with van der Waals surface area (Å²) >= 11 is 0. The van der Waals surface area contributed by atoms with Crippen molar-refractivity contribution < 1.29 is 0 Å². The number of pyridine rings is 2. The number of hydrogen-bond acceptors (Lipinski definition) is 2. The Morgan fingerprint density at radius 1 is 0.923 bits per heavy atom. The first kappa shape index (κ1) is 8.13. The van der Waals surface area contributed by atoms with Crippen molar-refractivity contribution in [2.75, 3.05) is 0 Å². The molecule has 0 radical (unpaired) electrons. The standard InChI is InChI=1S/C10H10N2Si/c13-9-5-3-7-12-10(9)8-4-1-2-6-11-8/h1-7H,13H3. The number of aromatic nitrogens is 2. The van der Waals surface area contributed by atoms with E-state index in [-0.39, 0.29) is 0 Å². The average molecular weight is 186 g/mol. The van der Waals surface area contributed by atoms with Gasteiger partial charge < -0.3 is 0 Å². The van der Waals surface area contributed by atoms with Gasteiger partial charge in [-0.1, -0.05) is 12.1 Å². The van der Waals surface area contributed by atoms with Crippen LogP contribution in [-0.2, 0) is 0 Å². The summed E-state index contributed by atoms with van der Waals surface area (Å²) in [5.74, 6) is 0. The second-order valence-electron chi connectivity index (χ2n) is 2.88. The van der Waals surface area contributed by atoms with Gasteiger partial charge in [0.1, 0.15) is 0 Å². The van der Waals surface area contributed by atoms with Crippen LogP contribution in [0.2, 0.25) is 0 Å². The van der Waals surface area contributed by atoms with Crippen LogP contribution < -0.4 is 5.19 Å². The zero-order chi connectivity index (χ0) is 9.10. The lowest BCUT2D eigenvalue weighted by Gasteiger charge is -2.01. The van der Waals surface area contributed by atoms with E-state index in [1.807, 2.05) is 30.5 Å². The Labute approximate surface area is 80.1 Å². The van der Waals surface area contributed by atoms with Crippen molar-refractivity contribution in [1.29, 1.82) is 0 Å². The molecule has 0 unspecified atom stereocenters. The molecule has 2 nitrogen and oxygen atoms in total. The van der Waals surface area contributed by atoms with Gasteiger partial charge in [-0.25, -0.2) is 0 Å². The Hall–Kier alpha value is -1.48. The SMILES string of the molecule is [SiH3]c1cccnc1-c1ccccn1. The minimum absolute atomic E-state index is 0.966. The highest BCUT2D eigenvalue weighted by Crippen LogP contribution is 2.08. The van der Waals surface area contributed by atoms with Crippen LogP contribution in [0.3, 0.4) is 0 Å². The molecule has 3 heteroatoms. The minimum Gasteiger partial charge on any atom is -0.255 e. The topological polar surface area (TPSA) is 25.8 Å². The average Bonchev–Trinajstić information content (AvgIpc) is 2.20. The third-order valence-corrected chi connectivity index (χ3v) is 2.72. The lowest BCUT2D eigenvalue weighted by atomic mass is 10.2. The third kappa shape index (κ3) is 1.65. The van der Waals surface area contributed by atoms with Crippen molar-refractivity contribution in [3.63, 3.8) is 0 Å². The summed E-state index contributed by atoms with van der Waals surface area (Å²) in [6, 6.07) is 9.96. The molecule has 0 aromatic carbocycles. The molecule has 2 aromatic heterocycles. The van der Waals surface area contributed by atoms with Gasteiger partial charge in [-0.15, -0.1) is 0 Å². The van der Waals surface area contributed by atoms with Crippen molar-refractivity contribution in [1.82, 2.24) is 9.97 Å². The fourth-order valence-corrected chi connectivity index (χ4v) is 1.83. The molecule has 0 aliphatic carbocycles. The van der Waals surface area contributed by atoms with Gasteiger partial charge in [-0.05, 0) is 23.4 Å². The van der Waals surface area contributed by atoms with Crippen molar-refractivity contribution in [2.24, 2.45) is 0 Å². The van der Waals surface area contributed by atoms with Gasteiger partial charge in [0.2, 0.25) is 0 Å². The summed E-state index contributed by atoms with van der Waals surface area (Å²) in [4.78, 5) is 8.59. The fourth-order valence-electron chi connectivity index (χ4n) is 1.26. The van der Waals surface area contributed by atoms with E-state index in [1.165, 1.54) is 5.19 Å². The first-order valence-corrected chi connectivity index (χ1v) is 5.21. The first-order chi connectivity index (χ1) is 6.38. The van der Waals surface area contributed by atoms with Gasteiger partial charge in [0, 0.05) is 22.6 Å². The predicted molar refractivity (Wildman–Crippen MR) is 57.0 cm³/mol. The Morgan fingerprint density at radius 2 is 1.77 bits per heavy atom. The van der Waals surface area contributed by atoms with Crippen molar-refractivity contribution in [3.8, 4) is 11.4 Å². The van der Waals surface area contributed by atoms with Gasteiger partial charge in [-0.3, -0.25) is 9.97 Å². The second-order valence-corrected chi connectivity index (χ2v) is 3.96. The smallest absolute Gasteiger partial charge is 0.0884 e. The number of rotatable bonds is 1. The van der Waals surface area contributed by atoms with E-state index in [2.05, 4.69) is 16.0 Å². The van der Waals surface area contributed by atoms with Crippen LogP contribution in [0.4, 0.5) is 0 Å². The molecule has 0 atom stereocenters. The molecule has 64 valence electrons. The molecule has 0 fully saturated rings. The molecule has 0 amide bonds. The highest BCUT2D eigenvalue weighted by Gasteiger charge is 2.01. The van der Waals surface area contributed by atoms with E-state index in [4.69, 9.17) is 0 Å². The quantitative estimate of drug-likeness (QED) is 0.592. The third-order valence-electron chi connectivity index (χ3n) is 1.92. The molecule has 0 saturated carbocycles. The highest BCUT2D eigenvalue weighted by molar-refractivity contribution is 6.35. The minimum atomic E-state index is 0.966. The van der Waals surface area contributed by atoms with E-state index < -0.39 is 0 Å². The molecule has 2 heterocycles.